The molecule has 0 heterocycles. The van der Waals surface area contributed by atoms with E-state index in [1.54, 1.807) is 42.5 Å². The molecule has 3 aromatic carbocycles. The lowest BCUT2D eigenvalue weighted by molar-refractivity contribution is 0.0972. The van der Waals surface area contributed by atoms with Crippen molar-refractivity contribution in [3.8, 4) is 5.75 Å². The molecule has 0 unspecified atom stereocenters. The summed E-state index contributed by atoms with van der Waals surface area (Å²) in [4.78, 5) is 25.3. The van der Waals surface area contributed by atoms with E-state index < -0.39 is 5.91 Å². The summed E-state index contributed by atoms with van der Waals surface area (Å²) in [5, 5.41) is 8.32. The third-order valence-electron chi connectivity index (χ3n) is 4.65. The van der Waals surface area contributed by atoms with Crippen molar-refractivity contribution >= 4 is 56.4 Å². The summed E-state index contributed by atoms with van der Waals surface area (Å²) in [6.45, 7) is 2.57. The molecular weight excluding hydrogens is 521 g/mol. The van der Waals surface area contributed by atoms with Gasteiger partial charge in [-0.1, -0.05) is 35.3 Å². The van der Waals surface area contributed by atoms with Gasteiger partial charge < -0.3 is 15.4 Å². The van der Waals surface area contributed by atoms with Crippen molar-refractivity contribution in [3.63, 3.8) is 0 Å². The molecule has 0 radical (unpaired) electrons. The number of halogens is 2. The quantitative estimate of drug-likeness (QED) is 0.234. The second kappa shape index (κ2) is 12.2. The van der Waals surface area contributed by atoms with Crippen molar-refractivity contribution in [1.29, 1.82) is 0 Å². The van der Waals surface area contributed by atoms with E-state index in [0.29, 0.717) is 34.9 Å². The van der Waals surface area contributed by atoms with Gasteiger partial charge in [0.05, 0.1) is 12.2 Å². The number of carbonyl (C=O) groups is 2. The third kappa shape index (κ3) is 7.36. The number of nitrogens with one attached hydrogen (secondary N) is 3. The topological polar surface area (TPSA) is 79.5 Å². The number of benzene rings is 3. The molecular formula is C25H23BrFN3O3S. The maximum absolute atomic E-state index is 13.1. The highest BCUT2D eigenvalue weighted by atomic mass is 79.9. The maximum atomic E-state index is 13.1. The van der Waals surface area contributed by atoms with Crippen molar-refractivity contribution < 1.29 is 18.7 Å². The molecule has 0 saturated heterocycles. The number of unbranched alkanes of at least 4 members (excludes halogenated alkanes) is 1. The van der Waals surface area contributed by atoms with Gasteiger partial charge in [-0.25, -0.2) is 4.39 Å². The zero-order valence-corrected chi connectivity index (χ0v) is 20.8. The van der Waals surface area contributed by atoms with Gasteiger partial charge in [0.15, 0.2) is 5.11 Å². The highest BCUT2D eigenvalue weighted by Gasteiger charge is 2.15. The summed E-state index contributed by atoms with van der Waals surface area (Å²) in [6.07, 6.45) is 1.86. The van der Waals surface area contributed by atoms with Gasteiger partial charge in [0.2, 0.25) is 0 Å². The Morgan fingerprint density at radius 1 is 0.971 bits per heavy atom. The van der Waals surface area contributed by atoms with Gasteiger partial charge >= 0.3 is 0 Å². The molecule has 0 aliphatic rings. The average molecular weight is 544 g/mol. The minimum atomic E-state index is -0.421. The second-order valence-corrected chi connectivity index (χ2v) is 8.62. The molecule has 34 heavy (non-hydrogen) atoms. The predicted molar refractivity (Wildman–Crippen MR) is 139 cm³/mol. The summed E-state index contributed by atoms with van der Waals surface area (Å²) in [6, 6.07) is 17.3. The molecule has 2 amide bonds. The van der Waals surface area contributed by atoms with E-state index >= 15 is 0 Å². The van der Waals surface area contributed by atoms with Crippen LogP contribution in [-0.2, 0) is 0 Å². The van der Waals surface area contributed by atoms with Crippen LogP contribution in [0.1, 0.15) is 40.5 Å². The van der Waals surface area contributed by atoms with Crippen LogP contribution in [0.4, 0.5) is 15.8 Å². The monoisotopic (exact) mass is 543 g/mol. The van der Waals surface area contributed by atoms with Crippen LogP contribution in [0.15, 0.2) is 71.2 Å². The number of ether oxygens (including phenoxy) is 1. The van der Waals surface area contributed by atoms with E-state index in [4.69, 9.17) is 17.0 Å². The molecule has 3 rings (SSSR count). The smallest absolute Gasteiger partial charge is 0.261 e. The SMILES string of the molecule is CCCCOc1ccc(Br)cc1C(=O)NC(=S)Nc1cccc(C(=O)Nc2ccc(F)cc2)c1. The fraction of sp³-hybridized carbons (Fsp3) is 0.160. The van der Waals surface area contributed by atoms with Gasteiger partial charge in [-0.05, 0) is 79.3 Å². The van der Waals surface area contributed by atoms with Crippen LogP contribution in [0.25, 0.3) is 0 Å². The molecule has 176 valence electrons. The van der Waals surface area contributed by atoms with Crippen LogP contribution in [0.3, 0.4) is 0 Å². The van der Waals surface area contributed by atoms with Crippen LogP contribution >= 0.6 is 28.1 Å². The summed E-state index contributed by atoms with van der Waals surface area (Å²) in [7, 11) is 0. The molecule has 6 nitrogen and oxygen atoms in total. The number of amides is 2. The molecule has 0 saturated carbocycles. The molecule has 0 aromatic heterocycles. The lowest BCUT2D eigenvalue weighted by Crippen LogP contribution is -2.34. The van der Waals surface area contributed by atoms with Crippen molar-refractivity contribution in [2.24, 2.45) is 0 Å². The van der Waals surface area contributed by atoms with E-state index in [9.17, 15) is 14.0 Å². The summed E-state index contributed by atoms with van der Waals surface area (Å²) >= 11 is 8.66. The van der Waals surface area contributed by atoms with Crippen LogP contribution in [0.2, 0.25) is 0 Å². The summed E-state index contributed by atoms with van der Waals surface area (Å²) in [5.41, 5.74) is 1.70. The Labute approximate surface area is 211 Å². The van der Waals surface area contributed by atoms with Crippen LogP contribution in [0, 0.1) is 5.82 Å². The Hall–Kier alpha value is -3.30. The average Bonchev–Trinajstić information content (AvgIpc) is 2.81. The molecule has 0 fully saturated rings. The first kappa shape index (κ1) is 25.3. The fourth-order valence-corrected chi connectivity index (χ4v) is 3.51. The van der Waals surface area contributed by atoms with Crippen LogP contribution < -0.4 is 20.7 Å². The Morgan fingerprint density at radius 2 is 1.74 bits per heavy atom. The Balaban J connectivity index is 1.64. The molecule has 0 bridgehead atoms. The standard InChI is InChI=1S/C25H23BrFN3O3S/c1-2-3-13-33-22-12-7-17(26)15-21(22)24(32)30-25(34)29-20-6-4-5-16(14-20)23(31)28-19-10-8-18(27)9-11-19/h4-12,14-15H,2-3,13H2,1H3,(H,28,31)(H2,29,30,32,34). The first-order valence-corrected chi connectivity index (χ1v) is 11.8. The van der Waals surface area contributed by atoms with E-state index in [1.165, 1.54) is 24.3 Å². The predicted octanol–water partition coefficient (Wildman–Crippen LogP) is 6.15. The highest BCUT2D eigenvalue weighted by Crippen LogP contribution is 2.24. The van der Waals surface area contributed by atoms with E-state index in [2.05, 4.69) is 38.8 Å². The number of carbonyl (C=O) groups excluding carboxylic acids is 2. The molecule has 3 aromatic rings. The molecule has 9 heteroatoms. The van der Waals surface area contributed by atoms with Crippen LogP contribution in [0.5, 0.6) is 5.75 Å². The number of hydrogen-bond donors (Lipinski definition) is 3. The molecule has 3 N–H and O–H groups in total. The van der Waals surface area contributed by atoms with Crippen molar-refractivity contribution in [3.05, 3.63) is 88.1 Å². The number of hydrogen-bond acceptors (Lipinski definition) is 4. The third-order valence-corrected chi connectivity index (χ3v) is 5.35. The Morgan fingerprint density at radius 3 is 2.47 bits per heavy atom. The summed E-state index contributed by atoms with van der Waals surface area (Å²) < 4.78 is 19.5. The van der Waals surface area contributed by atoms with Crippen molar-refractivity contribution in [2.45, 2.75) is 19.8 Å². The second-order valence-electron chi connectivity index (χ2n) is 7.29. The number of thiocarbonyl (C=S) groups is 1. The van der Waals surface area contributed by atoms with E-state index in [-0.39, 0.29) is 16.8 Å². The van der Waals surface area contributed by atoms with Crippen LogP contribution in [-0.4, -0.2) is 23.5 Å². The lowest BCUT2D eigenvalue weighted by Gasteiger charge is -2.14. The first-order chi connectivity index (χ1) is 16.4. The lowest BCUT2D eigenvalue weighted by atomic mass is 10.1. The fourth-order valence-electron chi connectivity index (χ4n) is 2.94. The van der Waals surface area contributed by atoms with Gasteiger partial charge in [0, 0.05) is 21.4 Å². The zero-order chi connectivity index (χ0) is 24.5. The Bertz CT molecular complexity index is 1190. The van der Waals surface area contributed by atoms with E-state index in [1.807, 2.05) is 0 Å². The van der Waals surface area contributed by atoms with Gasteiger partial charge in [-0.3, -0.25) is 14.9 Å². The van der Waals surface area contributed by atoms with Gasteiger partial charge in [0.1, 0.15) is 11.6 Å². The van der Waals surface area contributed by atoms with Crippen molar-refractivity contribution in [2.75, 3.05) is 17.2 Å². The zero-order valence-electron chi connectivity index (χ0n) is 18.4. The maximum Gasteiger partial charge on any atom is 0.261 e. The minimum Gasteiger partial charge on any atom is -0.493 e. The van der Waals surface area contributed by atoms with Gasteiger partial charge in [-0.2, -0.15) is 0 Å². The van der Waals surface area contributed by atoms with Gasteiger partial charge in [0.25, 0.3) is 11.8 Å². The summed E-state index contributed by atoms with van der Waals surface area (Å²) in [5.74, 6) is -0.706. The number of anilines is 2. The largest absolute Gasteiger partial charge is 0.493 e. The van der Waals surface area contributed by atoms with Crippen molar-refractivity contribution in [1.82, 2.24) is 5.32 Å². The molecule has 0 atom stereocenters. The van der Waals surface area contributed by atoms with E-state index in [0.717, 1.165) is 17.3 Å². The molecule has 0 aliphatic carbocycles. The normalized spacial score (nSPS) is 10.3. The Kier molecular flexibility index (Phi) is 9.12. The molecule has 0 aliphatic heterocycles. The van der Waals surface area contributed by atoms with Gasteiger partial charge in [-0.15, -0.1) is 0 Å². The first-order valence-electron chi connectivity index (χ1n) is 10.6. The number of rotatable bonds is 8. The minimum absolute atomic E-state index is 0.0700. The molecule has 0 spiro atoms. The highest BCUT2D eigenvalue weighted by molar-refractivity contribution is 9.10.